The van der Waals surface area contributed by atoms with E-state index >= 15 is 0 Å². The summed E-state index contributed by atoms with van der Waals surface area (Å²) in [5.41, 5.74) is 7.85. The maximum atomic E-state index is 5.90. The fraction of sp³-hybridized carbons (Fsp3) is 0.200. The summed E-state index contributed by atoms with van der Waals surface area (Å²) in [5, 5.41) is 1.77. The fourth-order valence-corrected chi connectivity index (χ4v) is 3.05. The van der Waals surface area contributed by atoms with Crippen molar-refractivity contribution in [2.24, 2.45) is 9.98 Å². The summed E-state index contributed by atoms with van der Waals surface area (Å²) < 4.78 is 5.16. The van der Waals surface area contributed by atoms with Gasteiger partial charge in [0.2, 0.25) is 0 Å². The van der Waals surface area contributed by atoms with E-state index in [0.717, 1.165) is 27.1 Å². The quantitative estimate of drug-likeness (QED) is 0.688. The maximum Gasteiger partial charge on any atom is 0.131 e. The van der Waals surface area contributed by atoms with Crippen LogP contribution in [0.15, 0.2) is 51.3 Å². The van der Waals surface area contributed by atoms with Gasteiger partial charge in [0.25, 0.3) is 0 Å². The first-order valence-corrected chi connectivity index (χ1v) is 7.29. The minimum atomic E-state index is 0.486. The van der Waals surface area contributed by atoms with Crippen LogP contribution >= 0.6 is 11.8 Å². The topological polar surface area (TPSA) is 60.0 Å². The van der Waals surface area contributed by atoms with Gasteiger partial charge in [-0.15, -0.1) is 11.8 Å². The number of thioether (sulfide) groups is 1. The van der Waals surface area contributed by atoms with E-state index in [2.05, 4.69) is 22.1 Å². The zero-order valence-corrected chi connectivity index (χ0v) is 12.0. The van der Waals surface area contributed by atoms with Crippen molar-refractivity contribution in [2.75, 3.05) is 19.5 Å². The molecule has 2 N–H and O–H groups in total. The molecule has 0 fully saturated rings. The zero-order chi connectivity index (χ0) is 13.9. The Labute approximate surface area is 121 Å². The van der Waals surface area contributed by atoms with Crippen LogP contribution in [0.5, 0.6) is 5.75 Å². The summed E-state index contributed by atoms with van der Waals surface area (Å²) in [7, 11) is 1.67. The number of nitrogens with zero attached hydrogens (tertiary/aromatic N) is 2. The van der Waals surface area contributed by atoms with Crippen LogP contribution in [0, 0.1) is 0 Å². The fourth-order valence-electron chi connectivity index (χ4n) is 2.07. The van der Waals surface area contributed by atoms with Crippen LogP contribution < -0.4 is 21.2 Å². The van der Waals surface area contributed by atoms with E-state index in [1.165, 1.54) is 5.56 Å². The molecular weight excluding hydrogens is 270 g/mol. The smallest absolute Gasteiger partial charge is 0.131 e. The number of hydrogen-bond donors (Lipinski definition) is 1. The third kappa shape index (κ3) is 2.49. The first kappa shape index (κ1) is 13.0. The van der Waals surface area contributed by atoms with Crippen LogP contribution in [0.1, 0.15) is 5.56 Å². The summed E-state index contributed by atoms with van der Waals surface area (Å²) >= 11 is 1.75. The van der Waals surface area contributed by atoms with Crippen molar-refractivity contribution < 1.29 is 4.74 Å². The van der Waals surface area contributed by atoms with Crippen LogP contribution in [0.4, 0.5) is 5.69 Å². The number of hydrogen-bond acceptors (Lipinski definition) is 5. The van der Waals surface area contributed by atoms with E-state index < -0.39 is 0 Å². The van der Waals surface area contributed by atoms with Gasteiger partial charge >= 0.3 is 0 Å². The van der Waals surface area contributed by atoms with Crippen LogP contribution in [0.25, 0.3) is 0 Å². The Bertz CT molecular complexity index is 741. The van der Waals surface area contributed by atoms with Crippen LogP contribution in [-0.4, -0.2) is 13.8 Å². The Balaban J connectivity index is 1.80. The van der Waals surface area contributed by atoms with Crippen molar-refractivity contribution in [1.29, 1.82) is 0 Å². The molecule has 2 aromatic rings. The van der Waals surface area contributed by atoms with Gasteiger partial charge in [0.05, 0.1) is 12.8 Å². The molecule has 1 aliphatic rings. The number of ether oxygens (including phenoxy) is 1. The normalized spacial score (nSPS) is 12.4. The summed E-state index contributed by atoms with van der Waals surface area (Å²) in [6.45, 7) is 0.486. The highest BCUT2D eigenvalue weighted by molar-refractivity contribution is 7.98. The molecule has 0 spiro atoms. The van der Waals surface area contributed by atoms with E-state index in [1.807, 2.05) is 24.3 Å². The first-order chi connectivity index (χ1) is 9.78. The van der Waals surface area contributed by atoms with Crippen molar-refractivity contribution >= 4 is 17.4 Å². The zero-order valence-electron chi connectivity index (χ0n) is 11.2. The molecule has 0 bridgehead atoms. The Kier molecular flexibility index (Phi) is 3.60. The molecule has 0 amide bonds. The Morgan fingerprint density at radius 1 is 1.10 bits per heavy atom. The molecule has 3 rings (SSSR count). The van der Waals surface area contributed by atoms with E-state index in [1.54, 1.807) is 18.9 Å². The predicted octanol–water partition coefficient (Wildman–Crippen LogP) is 1.78. The third-order valence-electron chi connectivity index (χ3n) is 3.16. The van der Waals surface area contributed by atoms with Gasteiger partial charge in [-0.1, -0.05) is 12.1 Å². The van der Waals surface area contributed by atoms with Crippen molar-refractivity contribution in [3.05, 3.63) is 52.7 Å². The third-order valence-corrected chi connectivity index (χ3v) is 4.27. The minimum Gasteiger partial charge on any atom is -0.497 e. The van der Waals surface area contributed by atoms with Gasteiger partial charge in [-0.2, -0.15) is 0 Å². The first-order valence-electron chi connectivity index (χ1n) is 6.31. The molecule has 102 valence electrons. The predicted molar refractivity (Wildman–Crippen MR) is 80.6 cm³/mol. The lowest BCUT2D eigenvalue weighted by atomic mass is 10.2. The molecular formula is C15H15N3OS. The highest BCUT2D eigenvalue weighted by Crippen LogP contribution is 2.21. The van der Waals surface area contributed by atoms with E-state index in [0.29, 0.717) is 12.4 Å². The van der Waals surface area contributed by atoms with Gasteiger partial charge in [0, 0.05) is 10.6 Å². The summed E-state index contributed by atoms with van der Waals surface area (Å²) in [6, 6.07) is 12.0. The second-order valence-corrected chi connectivity index (χ2v) is 5.46. The molecule has 2 aromatic carbocycles. The number of nitrogens with two attached hydrogens (primary N) is 1. The van der Waals surface area contributed by atoms with Gasteiger partial charge in [0.15, 0.2) is 0 Å². The highest BCUT2D eigenvalue weighted by atomic mass is 32.2. The Morgan fingerprint density at radius 3 is 2.60 bits per heavy atom. The van der Waals surface area contributed by atoms with E-state index in [9.17, 15) is 0 Å². The van der Waals surface area contributed by atoms with Gasteiger partial charge in [-0.05, 0) is 29.8 Å². The molecule has 20 heavy (non-hydrogen) atoms. The van der Waals surface area contributed by atoms with Crippen LogP contribution in [0.2, 0.25) is 0 Å². The molecule has 1 aliphatic heterocycles. The molecule has 0 saturated carbocycles. The SMILES string of the molecule is COc1ccc(CSc2ccc(N)c3c2=NCN=3)cc1. The van der Waals surface area contributed by atoms with Gasteiger partial charge < -0.3 is 10.5 Å². The lowest BCUT2D eigenvalue weighted by Gasteiger charge is -2.04. The number of rotatable bonds is 4. The van der Waals surface area contributed by atoms with Gasteiger partial charge in [0.1, 0.15) is 23.1 Å². The summed E-state index contributed by atoms with van der Waals surface area (Å²) in [6.07, 6.45) is 0. The molecule has 0 saturated heterocycles. The number of nitrogen functional groups attached to an aromatic ring is 1. The molecule has 1 heterocycles. The lowest BCUT2D eigenvalue weighted by Crippen LogP contribution is -2.27. The second-order valence-electron chi connectivity index (χ2n) is 4.44. The summed E-state index contributed by atoms with van der Waals surface area (Å²) in [5.74, 6) is 1.76. The second kappa shape index (κ2) is 5.54. The molecule has 0 radical (unpaired) electrons. The largest absolute Gasteiger partial charge is 0.497 e. The summed E-state index contributed by atoms with van der Waals surface area (Å²) in [4.78, 5) is 9.86. The van der Waals surface area contributed by atoms with Gasteiger partial charge in [-0.3, -0.25) is 9.98 Å². The maximum absolute atomic E-state index is 5.90. The lowest BCUT2D eigenvalue weighted by molar-refractivity contribution is 0.414. The van der Waals surface area contributed by atoms with Crippen LogP contribution in [0.3, 0.4) is 0 Å². The van der Waals surface area contributed by atoms with Crippen molar-refractivity contribution in [2.45, 2.75) is 10.6 Å². The Morgan fingerprint density at radius 2 is 1.85 bits per heavy atom. The average molecular weight is 285 g/mol. The number of benzene rings is 2. The van der Waals surface area contributed by atoms with E-state index in [-0.39, 0.29) is 0 Å². The number of anilines is 1. The Hall–Kier alpha value is -2.01. The van der Waals surface area contributed by atoms with Crippen molar-refractivity contribution in [3.63, 3.8) is 0 Å². The molecule has 5 heteroatoms. The van der Waals surface area contributed by atoms with Crippen molar-refractivity contribution in [3.8, 4) is 5.75 Å². The molecule has 0 unspecified atom stereocenters. The molecule has 0 atom stereocenters. The molecule has 0 aromatic heterocycles. The monoisotopic (exact) mass is 285 g/mol. The van der Waals surface area contributed by atoms with Gasteiger partial charge in [-0.25, -0.2) is 0 Å². The highest BCUT2D eigenvalue weighted by Gasteiger charge is 2.07. The van der Waals surface area contributed by atoms with Crippen molar-refractivity contribution in [1.82, 2.24) is 0 Å². The number of methoxy groups -OCH3 is 1. The molecule has 0 aliphatic carbocycles. The average Bonchev–Trinajstić information content (AvgIpc) is 2.98. The molecule has 4 nitrogen and oxygen atoms in total. The minimum absolute atomic E-state index is 0.486. The van der Waals surface area contributed by atoms with Crippen LogP contribution in [-0.2, 0) is 5.75 Å². The number of fused-ring (bicyclic) bond motifs is 1. The van der Waals surface area contributed by atoms with E-state index in [4.69, 9.17) is 10.5 Å². The standard InChI is InChI=1S/C15H15N3OS/c1-19-11-4-2-10(3-5-11)8-20-13-7-6-12(16)14-15(13)18-9-17-14/h2-7H,8-9,16H2,1H3.